The van der Waals surface area contributed by atoms with Crippen molar-refractivity contribution in [3.05, 3.63) is 66.5 Å². The minimum Gasteiger partial charge on any atom is -0.493 e. The van der Waals surface area contributed by atoms with E-state index >= 15 is 0 Å². The Balaban J connectivity index is 1.87. The van der Waals surface area contributed by atoms with E-state index in [0.717, 1.165) is 29.9 Å². The highest BCUT2D eigenvalue weighted by molar-refractivity contribution is 5.64. The number of nitrogens with zero attached hydrogens (tertiary/aromatic N) is 2. The lowest BCUT2D eigenvalue weighted by Crippen LogP contribution is -2.12. The van der Waals surface area contributed by atoms with E-state index in [1.807, 2.05) is 24.3 Å². The molecule has 0 bridgehead atoms. The van der Waals surface area contributed by atoms with Crippen molar-refractivity contribution in [3.63, 3.8) is 0 Å². The summed E-state index contributed by atoms with van der Waals surface area (Å²) in [5.74, 6) is 2.11. The maximum Gasteiger partial charge on any atom is 0.161 e. The first-order valence-electron chi connectivity index (χ1n) is 9.11. The molecule has 1 unspecified atom stereocenters. The maximum absolute atomic E-state index is 5.39. The van der Waals surface area contributed by atoms with Gasteiger partial charge in [-0.3, -0.25) is 4.98 Å². The molecule has 0 saturated heterocycles. The van der Waals surface area contributed by atoms with Crippen LogP contribution in [-0.4, -0.2) is 24.2 Å². The monoisotopic (exact) mass is 363 g/mol. The molecule has 0 aliphatic carbocycles. The topological polar surface area (TPSA) is 56.3 Å². The quantitative estimate of drug-likeness (QED) is 0.602. The summed E-state index contributed by atoms with van der Waals surface area (Å²) in [6.45, 7) is 2.18. The van der Waals surface area contributed by atoms with Crippen molar-refractivity contribution >= 4 is 5.82 Å². The number of nitrogens with one attached hydrogen (secondary N) is 1. The van der Waals surface area contributed by atoms with Gasteiger partial charge in [0.15, 0.2) is 11.5 Å². The molecule has 0 amide bonds. The first-order chi connectivity index (χ1) is 13.2. The molecule has 0 aliphatic heterocycles. The highest BCUT2D eigenvalue weighted by atomic mass is 16.5. The Bertz CT molecular complexity index is 868. The largest absolute Gasteiger partial charge is 0.493 e. The van der Waals surface area contributed by atoms with E-state index in [4.69, 9.17) is 14.5 Å². The van der Waals surface area contributed by atoms with Gasteiger partial charge in [0.25, 0.3) is 0 Å². The smallest absolute Gasteiger partial charge is 0.161 e. The first-order valence-corrected chi connectivity index (χ1v) is 9.11. The molecule has 5 nitrogen and oxygen atoms in total. The second-order valence-electron chi connectivity index (χ2n) is 6.26. The molecule has 1 aromatic heterocycles. The van der Waals surface area contributed by atoms with Gasteiger partial charge in [-0.05, 0) is 30.2 Å². The Morgan fingerprint density at radius 1 is 0.963 bits per heavy atom. The fraction of sp³-hybridized carbons (Fsp3) is 0.273. The number of rotatable bonds is 8. The molecule has 27 heavy (non-hydrogen) atoms. The van der Waals surface area contributed by atoms with Crippen LogP contribution in [0.5, 0.6) is 11.5 Å². The van der Waals surface area contributed by atoms with E-state index in [1.165, 1.54) is 5.56 Å². The third kappa shape index (κ3) is 4.56. The molecule has 3 rings (SSSR count). The lowest BCUT2D eigenvalue weighted by atomic mass is 10.0. The third-order valence-electron chi connectivity index (χ3n) is 4.42. The van der Waals surface area contributed by atoms with E-state index in [9.17, 15) is 0 Å². The molecule has 140 valence electrons. The fourth-order valence-electron chi connectivity index (χ4n) is 3.04. The molecule has 2 aromatic carbocycles. The summed E-state index contributed by atoms with van der Waals surface area (Å²) in [7, 11) is 3.25. The van der Waals surface area contributed by atoms with Crippen LogP contribution in [0, 0.1) is 0 Å². The molecule has 5 heteroatoms. The molecule has 1 heterocycles. The van der Waals surface area contributed by atoms with Crippen LogP contribution in [0.1, 0.15) is 31.4 Å². The minimum atomic E-state index is 0.200. The SMILES string of the molecule is CCCC(Nc1cncc(-c2ccc(OC)c(OC)c2)n1)c1ccccc1. The molecule has 1 N–H and O–H groups in total. The van der Waals surface area contributed by atoms with Crippen molar-refractivity contribution in [3.8, 4) is 22.8 Å². The summed E-state index contributed by atoms with van der Waals surface area (Å²) in [6, 6.07) is 16.4. The van der Waals surface area contributed by atoms with Gasteiger partial charge in [-0.2, -0.15) is 0 Å². The zero-order valence-electron chi connectivity index (χ0n) is 16.0. The number of ether oxygens (including phenoxy) is 2. The molecule has 1 atom stereocenters. The maximum atomic E-state index is 5.39. The van der Waals surface area contributed by atoms with Crippen LogP contribution in [0.3, 0.4) is 0 Å². The Morgan fingerprint density at radius 2 is 1.74 bits per heavy atom. The molecule has 0 saturated carbocycles. The van der Waals surface area contributed by atoms with Crippen molar-refractivity contribution < 1.29 is 9.47 Å². The molecular formula is C22H25N3O2. The molecular weight excluding hydrogens is 338 g/mol. The number of hydrogen-bond acceptors (Lipinski definition) is 5. The van der Waals surface area contributed by atoms with E-state index in [2.05, 4.69) is 41.5 Å². The van der Waals surface area contributed by atoms with Crippen molar-refractivity contribution in [2.45, 2.75) is 25.8 Å². The van der Waals surface area contributed by atoms with Crippen molar-refractivity contribution in [1.82, 2.24) is 9.97 Å². The van der Waals surface area contributed by atoms with E-state index in [0.29, 0.717) is 11.5 Å². The van der Waals surface area contributed by atoms with Crippen LogP contribution in [0.4, 0.5) is 5.82 Å². The molecule has 0 radical (unpaired) electrons. The lowest BCUT2D eigenvalue weighted by molar-refractivity contribution is 0.355. The summed E-state index contributed by atoms with van der Waals surface area (Å²) in [5, 5.41) is 3.53. The highest BCUT2D eigenvalue weighted by Crippen LogP contribution is 2.32. The average molecular weight is 363 g/mol. The van der Waals surface area contributed by atoms with Crippen LogP contribution in [0.2, 0.25) is 0 Å². The summed E-state index contributed by atoms with van der Waals surface area (Å²) >= 11 is 0. The summed E-state index contributed by atoms with van der Waals surface area (Å²) in [4.78, 5) is 9.12. The number of benzene rings is 2. The predicted molar refractivity (Wildman–Crippen MR) is 108 cm³/mol. The second-order valence-corrected chi connectivity index (χ2v) is 6.26. The molecule has 0 aliphatic rings. The number of hydrogen-bond donors (Lipinski definition) is 1. The van der Waals surface area contributed by atoms with Gasteiger partial charge in [-0.1, -0.05) is 43.7 Å². The van der Waals surface area contributed by atoms with Crippen molar-refractivity contribution in [1.29, 1.82) is 0 Å². The normalized spacial score (nSPS) is 11.7. The average Bonchev–Trinajstić information content (AvgIpc) is 2.73. The van der Waals surface area contributed by atoms with Gasteiger partial charge in [0.05, 0.1) is 38.3 Å². The van der Waals surface area contributed by atoms with E-state index in [-0.39, 0.29) is 6.04 Å². The van der Waals surface area contributed by atoms with Crippen molar-refractivity contribution in [2.75, 3.05) is 19.5 Å². The number of methoxy groups -OCH3 is 2. The third-order valence-corrected chi connectivity index (χ3v) is 4.42. The molecule has 0 spiro atoms. The highest BCUT2D eigenvalue weighted by Gasteiger charge is 2.12. The Kier molecular flexibility index (Phi) is 6.26. The molecule has 0 fully saturated rings. The van der Waals surface area contributed by atoms with Crippen molar-refractivity contribution in [2.24, 2.45) is 0 Å². The Hall–Kier alpha value is -3.08. The summed E-state index contributed by atoms with van der Waals surface area (Å²) in [6.07, 6.45) is 5.61. The van der Waals surface area contributed by atoms with Crippen LogP contribution >= 0.6 is 0 Å². The fourth-order valence-corrected chi connectivity index (χ4v) is 3.04. The summed E-state index contributed by atoms with van der Waals surface area (Å²) in [5.41, 5.74) is 2.96. The van der Waals surface area contributed by atoms with Gasteiger partial charge in [-0.15, -0.1) is 0 Å². The first kappa shape index (κ1) is 18.7. The van der Waals surface area contributed by atoms with Gasteiger partial charge in [0, 0.05) is 5.56 Å². The minimum absolute atomic E-state index is 0.200. The van der Waals surface area contributed by atoms with Gasteiger partial charge >= 0.3 is 0 Å². The second kappa shape index (κ2) is 9.03. The number of anilines is 1. The zero-order valence-corrected chi connectivity index (χ0v) is 16.0. The standard InChI is InChI=1S/C22H25N3O2/c1-4-8-18(16-9-6-5-7-10-16)24-22-15-23-14-19(25-22)17-11-12-20(26-2)21(13-17)27-3/h5-7,9-15,18H,4,8H2,1-3H3,(H,24,25). The van der Waals surface area contributed by atoms with Gasteiger partial charge < -0.3 is 14.8 Å². The molecule has 3 aromatic rings. The lowest BCUT2D eigenvalue weighted by Gasteiger charge is -2.19. The van der Waals surface area contributed by atoms with Crippen LogP contribution in [0.25, 0.3) is 11.3 Å². The predicted octanol–water partition coefficient (Wildman–Crippen LogP) is 5.11. The zero-order chi connectivity index (χ0) is 19.1. The van der Waals surface area contributed by atoms with Gasteiger partial charge in [0.2, 0.25) is 0 Å². The van der Waals surface area contributed by atoms with E-state index < -0.39 is 0 Å². The van der Waals surface area contributed by atoms with Crippen LogP contribution in [0.15, 0.2) is 60.9 Å². The van der Waals surface area contributed by atoms with Gasteiger partial charge in [0.1, 0.15) is 5.82 Å². The number of aromatic nitrogens is 2. The van der Waals surface area contributed by atoms with Crippen LogP contribution in [-0.2, 0) is 0 Å². The Morgan fingerprint density at radius 3 is 2.44 bits per heavy atom. The summed E-state index contributed by atoms with van der Waals surface area (Å²) < 4.78 is 10.7. The van der Waals surface area contributed by atoms with Crippen LogP contribution < -0.4 is 14.8 Å². The van der Waals surface area contributed by atoms with Gasteiger partial charge in [-0.25, -0.2) is 4.98 Å². The Labute approximate surface area is 160 Å². The van der Waals surface area contributed by atoms with E-state index in [1.54, 1.807) is 26.6 Å².